The van der Waals surface area contributed by atoms with Crippen LogP contribution in [-0.2, 0) is 16.1 Å². The number of pyridine rings is 1. The van der Waals surface area contributed by atoms with Crippen LogP contribution in [0.3, 0.4) is 0 Å². The van der Waals surface area contributed by atoms with Crippen molar-refractivity contribution in [2.24, 2.45) is 5.92 Å². The number of nitrogens with zero attached hydrogens (tertiary/aromatic N) is 3. The van der Waals surface area contributed by atoms with E-state index in [2.05, 4.69) is 9.88 Å². The van der Waals surface area contributed by atoms with Gasteiger partial charge >= 0.3 is 0 Å². The van der Waals surface area contributed by atoms with Crippen LogP contribution in [0.1, 0.15) is 70.3 Å². The van der Waals surface area contributed by atoms with E-state index in [1.165, 1.54) is 51.5 Å². The number of Topliss-reactive ketones (excluding diaryl/α,β-unsaturated/α-hetero) is 1. The zero-order valence-corrected chi connectivity index (χ0v) is 17.3. The van der Waals surface area contributed by atoms with Crippen molar-refractivity contribution in [1.29, 1.82) is 0 Å². The van der Waals surface area contributed by atoms with E-state index in [0.29, 0.717) is 25.3 Å². The van der Waals surface area contributed by atoms with Crippen LogP contribution in [-0.4, -0.2) is 52.2 Å². The van der Waals surface area contributed by atoms with Gasteiger partial charge in [-0.1, -0.05) is 25.3 Å². The summed E-state index contributed by atoms with van der Waals surface area (Å²) in [6, 6.07) is 4.68. The van der Waals surface area contributed by atoms with Crippen LogP contribution in [0.4, 0.5) is 0 Å². The van der Waals surface area contributed by atoms with Gasteiger partial charge in [-0.3, -0.25) is 9.78 Å². The quantitative estimate of drug-likeness (QED) is 0.682. The van der Waals surface area contributed by atoms with Crippen LogP contribution in [0.15, 0.2) is 24.5 Å². The second kappa shape index (κ2) is 10.7. The Kier molecular flexibility index (Phi) is 8.01. The number of aromatic nitrogens is 1. The molecule has 2 heterocycles. The topological polar surface area (TPSA) is 53.5 Å². The summed E-state index contributed by atoms with van der Waals surface area (Å²) in [5.41, 5.74) is 1.05. The van der Waals surface area contributed by atoms with Crippen LogP contribution >= 0.6 is 0 Å². The Morgan fingerprint density at radius 2 is 1.96 bits per heavy atom. The van der Waals surface area contributed by atoms with Gasteiger partial charge in [0.05, 0.1) is 0 Å². The minimum atomic E-state index is 0.0795. The lowest BCUT2D eigenvalue weighted by Gasteiger charge is -2.41. The molecule has 1 unspecified atom stereocenters. The van der Waals surface area contributed by atoms with Crippen molar-refractivity contribution in [1.82, 2.24) is 14.8 Å². The molecule has 0 spiro atoms. The van der Waals surface area contributed by atoms with Crippen molar-refractivity contribution in [2.75, 3.05) is 19.6 Å². The maximum absolute atomic E-state index is 12.8. The highest BCUT2D eigenvalue weighted by Gasteiger charge is 2.29. The van der Waals surface area contributed by atoms with E-state index in [4.69, 9.17) is 0 Å². The Hall–Kier alpha value is -1.75. The molecule has 2 aliphatic rings. The zero-order chi connectivity index (χ0) is 19.8. The number of piperidine rings is 1. The molecule has 2 fully saturated rings. The average molecular weight is 386 g/mol. The SMILES string of the molecule is CC(=O)CCC(=O)N(Cc1cccnc1)CC1CCCN(C2CCCCC2)C1. The number of ketones is 1. The third-order valence-electron chi connectivity index (χ3n) is 6.26. The monoisotopic (exact) mass is 385 g/mol. The van der Waals surface area contributed by atoms with Crippen molar-refractivity contribution >= 4 is 11.7 Å². The molecule has 1 aliphatic heterocycles. The fourth-order valence-electron chi connectivity index (χ4n) is 4.74. The van der Waals surface area contributed by atoms with Gasteiger partial charge in [0.2, 0.25) is 5.91 Å². The number of carbonyl (C=O) groups excluding carboxylic acids is 2. The number of hydrogen-bond acceptors (Lipinski definition) is 4. The summed E-state index contributed by atoms with van der Waals surface area (Å²) in [7, 11) is 0. The first-order valence-corrected chi connectivity index (χ1v) is 11.0. The summed E-state index contributed by atoms with van der Waals surface area (Å²) in [5.74, 6) is 0.693. The highest BCUT2D eigenvalue weighted by atomic mass is 16.2. The predicted molar refractivity (Wildman–Crippen MR) is 111 cm³/mol. The van der Waals surface area contributed by atoms with E-state index in [1.807, 2.05) is 23.2 Å². The normalized spacial score (nSPS) is 21.4. The molecular formula is C23H35N3O2. The van der Waals surface area contributed by atoms with Crippen molar-refractivity contribution in [2.45, 2.75) is 77.3 Å². The van der Waals surface area contributed by atoms with Gasteiger partial charge in [-0.25, -0.2) is 0 Å². The molecule has 0 aromatic carbocycles. The molecule has 1 saturated carbocycles. The molecule has 0 bridgehead atoms. The van der Waals surface area contributed by atoms with E-state index in [9.17, 15) is 9.59 Å². The van der Waals surface area contributed by atoms with Gasteiger partial charge in [0, 0.05) is 50.9 Å². The van der Waals surface area contributed by atoms with E-state index in [-0.39, 0.29) is 11.7 Å². The number of carbonyl (C=O) groups is 2. The summed E-state index contributed by atoms with van der Waals surface area (Å²) in [6.07, 6.45) is 13.4. The lowest BCUT2D eigenvalue weighted by atomic mass is 9.90. The molecule has 1 aromatic heterocycles. The zero-order valence-electron chi connectivity index (χ0n) is 17.3. The maximum Gasteiger partial charge on any atom is 0.223 e. The average Bonchev–Trinajstić information content (AvgIpc) is 2.73. The minimum Gasteiger partial charge on any atom is -0.338 e. The standard InChI is InChI=1S/C23H35N3O2/c1-19(27)11-12-23(28)26(16-20-7-5-13-24-15-20)18-21-8-6-14-25(17-21)22-9-3-2-4-10-22/h5,7,13,15,21-22H,2-4,6,8-12,14,16-18H2,1H3. The second-order valence-electron chi connectivity index (χ2n) is 8.63. The fraction of sp³-hybridized carbons (Fsp3) is 0.696. The minimum absolute atomic E-state index is 0.0795. The van der Waals surface area contributed by atoms with Crippen molar-refractivity contribution < 1.29 is 9.59 Å². The van der Waals surface area contributed by atoms with E-state index >= 15 is 0 Å². The fourth-order valence-corrected chi connectivity index (χ4v) is 4.74. The van der Waals surface area contributed by atoms with Gasteiger partial charge in [-0.05, 0) is 56.7 Å². The lowest BCUT2D eigenvalue weighted by Crippen LogP contribution is -2.47. The molecule has 1 saturated heterocycles. The molecule has 5 heteroatoms. The van der Waals surface area contributed by atoms with Gasteiger partial charge in [-0.15, -0.1) is 0 Å². The smallest absolute Gasteiger partial charge is 0.223 e. The Balaban J connectivity index is 1.61. The molecule has 3 rings (SSSR count). The second-order valence-corrected chi connectivity index (χ2v) is 8.63. The molecule has 1 aliphatic carbocycles. The number of hydrogen-bond donors (Lipinski definition) is 0. The predicted octanol–water partition coefficient (Wildman–Crippen LogP) is 3.82. The van der Waals surface area contributed by atoms with Gasteiger partial charge in [-0.2, -0.15) is 0 Å². The van der Waals surface area contributed by atoms with E-state index in [1.54, 1.807) is 13.1 Å². The van der Waals surface area contributed by atoms with Crippen molar-refractivity contribution in [3.8, 4) is 0 Å². The molecule has 28 heavy (non-hydrogen) atoms. The Labute approximate surface area is 169 Å². The molecule has 1 aromatic rings. The van der Waals surface area contributed by atoms with Gasteiger partial charge in [0.15, 0.2) is 0 Å². The van der Waals surface area contributed by atoms with E-state index in [0.717, 1.165) is 24.7 Å². The highest BCUT2D eigenvalue weighted by molar-refractivity contribution is 5.83. The lowest BCUT2D eigenvalue weighted by molar-refractivity contribution is -0.134. The van der Waals surface area contributed by atoms with Gasteiger partial charge in [0.25, 0.3) is 0 Å². The largest absolute Gasteiger partial charge is 0.338 e. The molecule has 0 radical (unpaired) electrons. The van der Waals surface area contributed by atoms with Crippen LogP contribution in [0.25, 0.3) is 0 Å². The maximum atomic E-state index is 12.8. The molecule has 1 amide bonds. The Morgan fingerprint density at radius 1 is 1.14 bits per heavy atom. The summed E-state index contributed by atoms with van der Waals surface area (Å²) < 4.78 is 0. The molecule has 0 N–H and O–H groups in total. The third kappa shape index (κ3) is 6.40. The summed E-state index contributed by atoms with van der Waals surface area (Å²) in [6.45, 7) is 5.25. The number of rotatable bonds is 8. The van der Waals surface area contributed by atoms with Crippen molar-refractivity contribution in [3.63, 3.8) is 0 Å². The van der Waals surface area contributed by atoms with E-state index < -0.39 is 0 Å². The van der Waals surface area contributed by atoms with Crippen LogP contribution < -0.4 is 0 Å². The van der Waals surface area contributed by atoms with Crippen LogP contribution in [0.5, 0.6) is 0 Å². The molecule has 5 nitrogen and oxygen atoms in total. The first-order chi connectivity index (χ1) is 13.6. The van der Waals surface area contributed by atoms with Crippen molar-refractivity contribution in [3.05, 3.63) is 30.1 Å². The Bertz CT molecular complexity index is 628. The molecular weight excluding hydrogens is 350 g/mol. The third-order valence-corrected chi connectivity index (χ3v) is 6.26. The molecule has 154 valence electrons. The highest BCUT2D eigenvalue weighted by Crippen LogP contribution is 2.28. The first-order valence-electron chi connectivity index (χ1n) is 11.0. The molecule has 1 atom stereocenters. The number of amides is 1. The van der Waals surface area contributed by atoms with Crippen LogP contribution in [0, 0.1) is 5.92 Å². The summed E-state index contributed by atoms with van der Waals surface area (Å²) in [5, 5.41) is 0. The van der Waals surface area contributed by atoms with Gasteiger partial charge < -0.3 is 14.6 Å². The summed E-state index contributed by atoms with van der Waals surface area (Å²) >= 11 is 0. The Morgan fingerprint density at radius 3 is 2.68 bits per heavy atom. The summed E-state index contributed by atoms with van der Waals surface area (Å²) in [4.78, 5) is 33.0. The first kappa shape index (κ1) is 21.0. The van der Waals surface area contributed by atoms with Gasteiger partial charge in [0.1, 0.15) is 5.78 Å². The van der Waals surface area contributed by atoms with Crippen LogP contribution in [0.2, 0.25) is 0 Å². The number of likely N-dealkylation sites (tertiary alicyclic amines) is 1.